The molecule has 0 aromatic heterocycles. The molecule has 0 rings (SSSR count). The van der Waals surface area contributed by atoms with Crippen molar-refractivity contribution in [2.75, 3.05) is 13.2 Å². The van der Waals surface area contributed by atoms with Gasteiger partial charge in [-0.05, 0) is 103 Å². The number of rotatable bonds is 48. The van der Waals surface area contributed by atoms with E-state index < -0.39 is 12.1 Å². The van der Waals surface area contributed by atoms with Crippen LogP contribution in [0.5, 0.6) is 0 Å². The molecule has 0 saturated heterocycles. The van der Waals surface area contributed by atoms with E-state index in [0.717, 1.165) is 135 Å². The summed E-state index contributed by atoms with van der Waals surface area (Å²) in [4.78, 5) is 42.5. The lowest BCUT2D eigenvalue weighted by molar-refractivity contribution is -0.281. The average Bonchev–Trinajstić information content (AvgIpc) is 3.35. The Morgan fingerprint density at radius 2 is 0.783 bits per heavy atom. The van der Waals surface area contributed by atoms with E-state index in [9.17, 15) is 14.4 Å². The van der Waals surface area contributed by atoms with Gasteiger partial charge in [0.05, 0.1) is 6.10 Å². The smallest absolute Gasteiger partial charge is 0.331 e. The van der Waals surface area contributed by atoms with Crippen molar-refractivity contribution in [3.63, 3.8) is 0 Å². The van der Waals surface area contributed by atoms with Gasteiger partial charge in [-0.25, -0.2) is 9.68 Å². The number of allylic oxidation sites excluding steroid dienone is 19. The maximum atomic E-state index is 12.7. The van der Waals surface area contributed by atoms with Gasteiger partial charge < -0.3 is 14.2 Å². The molecule has 1 atom stereocenters. The third-order valence-electron chi connectivity index (χ3n) is 11.3. The number of esters is 3. The van der Waals surface area contributed by atoms with Crippen LogP contribution in [-0.4, -0.2) is 48.6 Å². The Hall–Kier alpha value is -4.27. The Morgan fingerprint density at radius 1 is 0.391 bits per heavy atom. The normalized spacial score (nSPS) is 13.1. The highest BCUT2D eigenvalue weighted by atomic mass is 17.1. The van der Waals surface area contributed by atoms with Crippen LogP contribution in [0, 0.1) is 0 Å². The Bertz CT molecular complexity index is 1430. The fourth-order valence-electron chi connectivity index (χ4n) is 7.20. The molecule has 0 aliphatic heterocycles. The Kier molecular flexibility index (Phi) is 51.3. The van der Waals surface area contributed by atoms with Gasteiger partial charge in [0.1, 0.15) is 13.2 Å². The summed E-state index contributed by atoms with van der Waals surface area (Å²) >= 11 is 0. The largest absolute Gasteiger partial charge is 0.462 e. The van der Waals surface area contributed by atoms with Crippen LogP contribution in [0.25, 0.3) is 0 Å². The van der Waals surface area contributed by atoms with E-state index in [-0.39, 0.29) is 31.3 Å². The topological polar surface area (TPSA) is 108 Å². The molecule has 0 aromatic rings. The van der Waals surface area contributed by atoms with Crippen LogP contribution in [0.3, 0.4) is 0 Å². The first-order valence-corrected chi connectivity index (χ1v) is 27.4. The lowest BCUT2D eigenvalue weighted by Crippen LogP contribution is -2.30. The number of unbranched alkanes of at least 4 members (excludes halogenated alkanes) is 19. The maximum Gasteiger partial charge on any atom is 0.331 e. The number of hydrogen-bond acceptors (Lipinski definition) is 8. The zero-order valence-corrected chi connectivity index (χ0v) is 43.8. The number of ether oxygens (including phenoxy) is 3. The highest BCUT2D eigenvalue weighted by molar-refractivity contribution is 5.82. The van der Waals surface area contributed by atoms with Crippen LogP contribution >= 0.6 is 0 Å². The number of carbonyl (C=O) groups is 3. The van der Waals surface area contributed by atoms with E-state index in [1.807, 2.05) is 42.5 Å². The molecule has 0 saturated carbocycles. The van der Waals surface area contributed by atoms with Crippen molar-refractivity contribution >= 4 is 17.9 Å². The SMILES string of the molecule is CCCCC/C=C\C/C=C\CCCCCCCC(=O)OCC(COC(=O)CCCCCCC/C=C\C/C=C\CCCCC)OC(=O)C=CC=CC=CC=CC=CC=CCCCCCC(CCC)OO. The first-order chi connectivity index (χ1) is 34.0. The van der Waals surface area contributed by atoms with E-state index in [1.165, 1.54) is 57.4 Å². The van der Waals surface area contributed by atoms with Gasteiger partial charge in [0.15, 0.2) is 6.10 Å². The maximum absolute atomic E-state index is 12.7. The second kappa shape index (κ2) is 54.7. The van der Waals surface area contributed by atoms with Crippen molar-refractivity contribution in [1.82, 2.24) is 0 Å². The highest BCUT2D eigenvalue weighted by Crippen LogP contribution is 2.14. The van der Waals surface area contributed by atoms with Crippen molar-refractivity contribution in [2.45, 2.75) is 232 Å². The lowest BCUT2D eigenvalue weighted by atomic mass is 10.1. The zero-order chi connectivity index (χ0) is 50.2. The predicted molar refractivity (Wildman–Crippen MR) is 291 cm³/mol. The van der Waals surface area contributed by atoms with Gasteiger partial charge >= 0.3 is 17.9 Å². The minimum atomic E-state index is -0.905. The minimum absolute atomic E-state index is 0.0353. The van der Waals surface area contributed by atoms with Crippen molar-refractivity contribution in [3.05, 3.63) is 122 Å². The van der Waals surface area contributed by atoms with Gasteiger partial charge in [0.25, 0.3) is 0 Å². The Morgan fingerprint density at radius 3 is 1.23 bits per heavy atom. The molecular formula is C61H98O8. The molecule has 8 heteroatoms. The second-order valence-electron chi connectivity index (χ2n) is 17.9. The second-order valence-corrected chi connectivity index (χ2v) is 17.9. The molecule has 1 N–H and O–H groups in total. The van der Waals surface area contributed by atoms with Gasteiger partial charge in [-0.1, -0.05) is 220 Å². The summed E-state index contributed by atoms with van der Waals surface area (Å²) in [5, 5.41) is 8.92. The molecule has 8 nitrogen and oxygen atoms in total. The average molecular weight is 959 g/mol. The highest BCUT2D eigenvalue weighted by Gasteiger charge is 2.18. The molecule has 0 spiro atoms. The molecule has 0 aliphatic carbocycles. The summed E-state index contributed by atoms with van der Waals surface area (Å²) < 4.78 is 16.6. The summed E-state index contributed by atoms with van der Waals surface area (Å²) in [5.74, 6) is -1.31. The van der Waals surface area contributed by atoms with E-state index in [4.69, 9.17) is 19.5 Å². The zero-order valence-electron chi connectivity index (χ0n) is 43.8. The Balaban J connectivity index is 4.70. The van der Waals surface area contributed by atoms with E-state index in [2.05, 4.69) is 80.3 Å². The molecule has 0 bridgehead atoms. The van der Waals surface area contributed by atoms with E-state index in [1.54, 1.807) is 18.2 Å². The van der Waals surface area contributed by atoms with Crippen LogP contribution in [-0.2, 0) is 33.5 Å². The van der Waals surface area contributed by atoms with E-state index >= 15 is 0 Å². The third-order valence-corrected chi connectivity index (χ3v) is 11.3. The first kappa shape index (κ1) is 64.7. The Labute approximate surface area is 421 Å². The molecule has 0 heterocycles. The quantitative estimate of drug-likeness (QED) is 0.00939. The van der Waals surface area contributed by atoms with Crippen LogP contribution in [0.1, 0.15) is 220 Å². The molecule has 1 unspecified atom stereocenters. The van der Waals surface area contributed by atoms with E-state index in [0.29, 0.717) is 12.8 Å². The minimum Gasteiger partial charge on any atom is -0.462 e. The molecule has 69 heavy (non-hydrogen) atoms. The third kappa shape index (κ3) is 51.4. The molecule has 390 valence electrons. The number of carbonyl (C=O) groups excluding carboxylic acids is 3. The van der Waals surface area contributed by atoms with Crippen LogP contribution in [0.2, 0.25) is 0 Å². The molecule has 0 aromatic carbocycles. The van der Waals surface area contributed by atoms with Crippen molar-refractivity contribution < 1.29 is 38.7 Å². The van der Waals surface area contributed by atoms with Gasteiger partial charge in [0, 0.05) is 18.9 Å². The molecule has 0 fully saturated rings. The van der Waals surface area contributed by atoms with Crippen molar-refractivity contribution in [3.8, 4) is 0 Å². The van der Waals surface area contributed by atoms with Crippen LogP contribution < -0.4 is 0 Å². The molecule has 0 radical (unpaired) electrons. The van der Waals surface area contributed by atoms with Crippen molar-refractivity contribution in [1.29, 1.82) is 0 Å². The van der Waals surface area contributed by atoms with Crippen LogP contribution in [0.4, 0.5) is 0 Å². The summed E-state index contributed by atoms with van der Waals surface area (Å²) in [6.45, 7) is 6.21. The molecular weight excluding hydrogens is 861 g/mol. The van der Waals surface area contributed by atoms with Gasteiger partial charge in [-0.3, -0.25) is 14.8 Å². The molecule has 0 aliphatic rings. The first-order valence-electron chi connectivity index (χ1n) is 27.4. The summed E-state index contributed by atoms with van der Waals surface area (Å²) in [5.41, 5.74) is 0. The molecule has 0 amide bonds. The van der Waals surface area contributed by atoms with Gasteiger partial charge in [-0.2, -0.15) is 0 Å². The standard InChI is InChI=1S/C61H98O8/c1-4-7-9-11-13-15-17-19-22-27-31-35-39-43-47-52-59(62)66-55-58(56-67-60(63)53-48-44-40-36-32-28-23-20-18-16-14-12-10-8-5-2)68-61(64)54-49-45-41-37-33-29-25-21-24-26-30-34-38-42-46-51-57(69-65)50-6-3/h13-16,19-26,29-30,33,37,41,45,49,54,57-58,65H,4-12,17-18,27-28,31-32,34-36,38-40,42-44,46-48,50-53,55-56H2,1-3H3/b15-13-,16-14-,22-19-,23-20-,24-21?,29-25?,30-26?,37-33?,45-41?,54-49?. The summed E-state index contributed by atoms with van der Waals surface area (Å²) in [6.07, 6.45) is 71.3. The van der Waals surface area contributed by atoms with Gasteiger partial charge in [-0.15, -0.1) is 0 Å². The van der Waals surface area contributed by atoms with Crippen LogP contribution in [0.15, 0.2) is 122 Å². The monoisotopic (exact) mass is 959 g/mol. The van der Waals surface area contributed by atoms with Crippen molar-refractivity contribution in [2.24, 2.45) is 0 Å². The van der Waals surface area contributed by atoms with Gasteiger partial charge in [0.2, 0.25) is 0 Å². The lowest BCUT2D eigenvalue weighted by Gasteiger charge is -2.17. The summed E-state index contributed by atoms with van der Waals surface area (Å²) in [7, 11) is 0. The summed E-state index contributed by atoms with van der Waals surface area (Å²) in [6, 6.07) is 0. The fourth-order valence-corrected chi connectivity index (χ4v) is 7.20. The fraction of sp³-hybridized carbons (Fsp3) is 0.623. The predicted octanol–water partition coefficient (Wildman–Crippen LogP) is 17.6. The number of hydrogen-bond donors (Lipinski definition) is 1.